The van der Waals surface area contributed by atoms with Gasteiger partial charge in [0, 0.05) is 17.5 Å². The molecule has 1 heterocycles. The third-order valence-electron chi connectivity index (χ3n) is 2.59. The minimum atomic E-state index is -0.603. The van der Waals surface area contributed by atoms with Gasteiger partial charge in [-0.2, -0.15) is 0 Å². The molecule has 106 valence electrons. The van der Waals surface area contributed by atoms with Gasteiger partial charge in [0.1, 0.15) is 5.82 Å². The lowest BCUT2D eigenvalue weighted by atomic mass is 10.2. The molecule has 0 aliphatic carbocycles. The molecule has 5 heteroatoms. The predicted octanol–water partition coefficient (Wildman–Crippen LogP) is 2.89. The van der Waals surface area contributed by atoms with Crippen LogP contribution in [0.25, 0.3) is 0 Å². The molecule has 2 aromatic rings. The molecule has 0 fully saturated rings. The van der Waals surface area contributed by atoms with Crippen LogP contribution >= 0.6 is 11.8 Å². The van der Waals surface area contributed by atoms with Gasteiger partial charge in [-0.05, 0) is 18.2 Å². The van der Waals surface area contributed by atoms with Crippen LogP contribution in [-0.4, -0.2) is 28.6 Å². The number of aliphatic hydroxyl groups is 1. The highest BCUT2D eigenvalue weighted by molar-refractivity contribution is 7.99. The molecule has 3 nitrogen and oxygen atoms in total. The summed E-state index contributed by atoms with van der Waals surface area (Å²) in [5, 5.41) is 10.7. The van der Waals surface area contributed by atoms with Crippen molar-refractivity contribution in [1.82, 2.24) is 4.98 Å². The summed E-state index contributed by atoms with van der Waals surface area (Å²) in [6, 6.07) is 12.1. The summed E-state index contributed by atoms with van der Waals surface area (Å²) in [6.07, 6.45) is 1.11. The summed E-state index contributed by atoms with van der Waals surface area (Å²) in [5.74, 6) is 0.207. The van der Waals surface area contributed by atoms with Crippen LogP contribution in [0.5, 0.6) is 0 Å². The first-order valence-electron chi connectivity index (χ1n) is 6.29. The average molecular weight is 293 g/mol. The normalized spacial score (nSPS) is 12.3. The van der Waals surface area contributed by atoms with Crippen LogP contribution in [0.4, 0.5) is 4.39 Å². The van der Waals surface area contributed by atoms with Crippen LogP contribution in [0.15, 0.2) is 53.7 Å². The number of ether oxygens (including phenoxy) is 1. The Kier molecular flexibility index (Phi) is 5.98. The number of aromatic nitrogens is 1. The van der Waals surface area contributed by atoms with E-state index in [1.54, 1.807) is 24.4 Å². The van der Waals surface area contributed by atoms with E-state index in [2.05, 4.69) is 4.98 Å². The fraction of sp³-hybridized carbons (Fsp3) is 0.267. The van der Waals surface area contributed by atoms with Crippen molar-refractivity contribution in [3.8, 4) is 0 Å². The molecule has 0 saturated carbocycles. The van der Waals surface area contributed by atoms with E-state index in [0.29, 0.717) is 11.3 Å². The molecule has 0 spiro atoms. The molecule has 1 aromatic carbocycles. The molecule has 0 aliphatic heterocycles. The van der Waals surface area contributed by atoms with Crippen LogP contribution in [0.1, 0.15) is 5.56 Å². The smallest absolute Gasteiger partial charge is 0.128 e. The molecule has 0 radical (unpaired) electrons. The fourth-order valence-corrected chi connectivity index (χ4v) is 2.35. The number of aliphatic hydroxyl groups excluding tert-OH is 1. The molecule has 0 saturated heterocycles. The number of hydrogen-bond acceptors (Lipinski definition) is 4. The SMILES string of the molecule is OC(COCc1ccccc1F)CSc1ccccn1. The van der Waals surface area contributed by atoms with Gasteiger partial charge in [-0.1, -0.05) is 24.3 Å². The van der Waals surface area contributed by atoms with Gasteiger partial charge < -0.3 is 9.84 Å². The first-order valence-corrected chi connectivity index (χ1v) is 7.27. The molecule has 20 heavy (non-hydrogen) atoms. The number of benzene rings is 1. The third-order valence-corrected chi connectivity index (χ3v) is 3.68. The standard InChI is InChI=1S/C15H16FNO2S/c16-14-6-2-1-5-12(14)9-19-10-13(18)11-20-15-7-3-4-8-17-15/h1-8,13,18H,9-11H2. The monoisotopic (exact) mass is 293 g/mol. The number of rotatable bonds is 7. The summed E-state index contributed by atoms with van der Waals surface area (Å²) in [4.78, 5) is 4.15. The minimum Gasteiger partial charge on any atom is -0.390 e. The maximum Gasteiger partial charge on any atom is 0.128 e. The second kappa shape index (κ2) is 7.99. The predicted molar refractivity (Wildman–Crippen MR) is 77.0 cm³/mol. The largest absolute Gasteiger partial charge is 0.390 e. The van der Waals surface area contributed by atoms with Gasteiger partial charge in [0.2, 0.25) is 0 Å². The fourth-order valence-electron chi connectivity index (χ4n) is 1.58. The van der Waals surface area contributed by atoms with E-state index in [-0.39, 0.29) is 19.0 Å². The Bertz CT molecular complexity index is 524. The second-order valence-corrected chi connectivity index (χ2v) is 5.28. The molecule has 1 aromatic heterocycles. The van der Waals surface area contributed by atoms with Crippen LogP contribution in [0.2, 0.25) is 0 Å². The molecule has 0 amide bonds. The highest BCUT2D eigenvalue weighted by atomic mass is 32.2. The van der Waals surface area contributed by atoms with Crippen molar-refractivity contribution in [2.24, 2.45) is 0 Å². The summed E-state index contributed by atoms with van der Waals surface area (Å²) in [5.41, 5.74) is 0.497. The summed E-state index contributed by atoms with van der Waals surface area (Å²) in [6.45, 7) is 0.339. The van der Waals surface area contributed by atoms with Crippen molar-refractivity contribution >= 4 is 11.8 Å². The van der Waals surface area contributed by atoms with E-state index in [1.165, 1.54) is 17.8 Å². The molecule has 1 unspecified atom stereocenters. The number of pyridine rings is 1. The highest BCUT2D eigenvalue weighted by Gasteiger charge is 2.07. The Morgan fingerprint density at radius 2 is 2.00 bits per heavy atom. The average Bonchev–Trinajstić information content (AvgIpc) is 2.48. The Labute approximate surface area is 121 Å². The van der Waals surface area contributed by atoms with E-state index in [1.807, 2.05) is 18.2 Å². The van der Waals surface area contributed by atoms with Gasteiger partial charge in [0.05, 0.1) is 24.3 Å². The summed E-state index contributed by atoms with van der Waals surface area (Å²) in [7, 11) is 0. The van der Waals surface area contributed by atoms with Crippen LogP contribution in [0, 0.1) is 5.82 Å². The lowest BCUT2D eigenvalue weighted by Crippen LogP contribution is -2.18. The number of hydrogen-bond donors (Lipinski definition) is 1. The van der Waals surface area contributed by atoms with Gasteiger partial charge in [-0.15, -0.1) is 11.8 Å². The Morgan fingerprint density at radius 1 is 1.20 bits per heavy atom. The van der Waals surface area contributed by atoms with E-state index in [4.69, 9.17) is 4.74 Å². The lowest BCUT2D eigenvalue weighted by molar-refractivity contribution is 0.0387. The lowest BCUT2D eigenvalue weighted by Gasteiger charge is -2.11. The zero-order valence-corrected chi connectivity index (χ0v) is 11.7. The van der Waals surface area contributed by atoms with Crippen molar-refractivity contribution in [1.29, 1.82) is 0 Å². The maximum atomic E-state index is 13.3. The zero-order chi connectivity index (χ0) is 14.2. The van der Waals surface area contributed by atoms with Crippen molar-refractivity contribution in [2.75, 3.05) is 12.4 Å². The molecular formula is C15H16FNO2S. The van der Waals surface area contributed by atoms with Crippen molar-refractivity contribution < 1.29 is 14.2 Å². The zero-order valence-electron chi connectivity index (χ0n) is 10.9. The number of nitrogens with zero attached hydrogens (tertiary/aromatic N) is 1. The third kappa shape index (κ3) is 4.92. The van der Waals surface area contributed by atoms with Gasteiger partial charge >= 0.3 is 0 Å². The van der Waals surface area contributed by atoms with Gasteiger partial charge in [0.15, 0.2) is 0 Å². The second-order valence-electron chi connectivity index (χ2n) is 4.24. The topological polar surface area (TPSA) is 42.4 Å². The molecule has 0 aliphatic rings. The van der Waals surface area contributed by atoms with Crippen molar-refractivity contribution in [3.63, 3.8) is 0 Å². The van der Waals surface area contributed by atoms with Crippen molar-refractivity contribution in [3.05, 3.63) is 60.0 Å². The summed E-state index contributed by atoms with van der Waals surface area (Å²) < 4.78 is 18.7. The molecule has 1 N–H and O–H groups in total. The Balaban J connectivity index is 1.68. The summed E-state index contributed by atoms with van der Waals surface area (Å²) >= 11 is 1.46. The molecule has 2 rings (SSSR count). The first-order chi connectivity index (χ1) is 9.75. The van der Waals surface area contributed by atoms with E-state index in [9.17, 15) is 9.50 Å². The number of halogens is 1. The van der Waals surface area contributed by atoms with Gasteiger partial charge in [0.25, 0.3) is 0 Å². The van der Waals surface area contributed by atoms with E-state index < -0.39 is 6.10 Å². The van der Waals surface area contributed by atoms with Gasteiger partial charge in [-0.3, -0.25) is 0 Å². The molecule has 0 bridgehead atoms. The highest BCUT2D eigenvalue weighted by Crippen LogP contribution is 2.15. The molecular weight excluding hydrogens is 277 g/mol. The van der Waals surface area contributed by atoms with Crippen LogP contribution < -0.4 is 0 Å². The maximum absolute atomic E-state index is 13.3. The van der Waals surface area contributed by atoms with Crippen LogP contribution in [0.3, 0.4) is 0 Å². The van der Waals surface area contributed by atoms with E-state index >= 15 is 0 Å². The minimum absolute atomic E-state index is 0.165. The van der Waals surface area contributed by atoms with Crippen molar-refractivity contribution in [2.45, 2.75) is 17.7 Å². The quantitative estimate of drug-likeness (QED) is 0.797. The molecule has 1 atom stereocenters. The van der Waals surface area contributed by atoms with E-state index in [0.717, 1.165) is 5.03 Å². The Hall–Kier alpha value is -1.43. The first kappa shape index (κ1) is 15.0. The Morgan fingerprint density at radius 3 is 2.75 bits per heavy atom. The number of thioether (sulfide) groups is 1. The van der Waals surface area contributed by atoms with Crippen LogP contribution in [-0.2, 0) is 11.3 Å². The van der Waals surface area contributed by atoms with Gasteiger partial charge in [-0.25, -0.2) is 9.37 Å².